The summed E-state index contributed by atoms with van der Waals surface area (Å²) >= 11 is 0. The van der Waals surface area contributed by atoms with Crippen molar-refractivity contribution < 1.29 is 23.8 Å². The van der Waals surface area contributed by atoms with E-state index in [-0.39, 0.29) is 36.9 Å². The van der Waals surface area contributed by atoms with E-state index in [9.17, 15) is 19.1 Å². The summed E-state index contributed by atoms with van der Waals surface area (Å²) in [6.45, 7) is 0.424. The number of benzene rings is 1. The van der Waals surface area contributed by atoms with Gasteiger partial charge in [0.1, 0.15) is 30.3 Å². The van der Waals surface area contributed by atoms with Gasteiger partial charge in [-0.05, 0) is 43.5 Å². The van der Waals surface area contributed by atoms with E-state index in [1.165, 1.54) is 24.3 Å². The van der Waals surface area contributed by atoms with E-state index in [2.05, 4.69) is 0 Å². The van der Waals surface area contributed by atoms with Gasteiger partial charge in [0.2, 0.25) is 0 Å². The van der Waals surface area contributed by atoms with Crippen molar-refractivity contribution in [3.05, 3.63) is 30.1 Å². The Morgan fingerprint density at radius 1 is 1.26 bits per heavy atom. The highest BCUT2D eigenvalue weighted by molar-refractivity contribution is 6.04. The van der Waals surface area contributed by atoms with Crippen LogP contribution in [0.4, 0.5) is 9.18 Å². The maximum absolute atomic E-state index is 12.8. The number of nitrogens with zero attached hydrogens (tertiary/aromatic N) is 2. The molecule has 124 valence electrons. The Morgan fingerprint density at radius 3 is 2.70 bits per heavy atom. The number of carbonyl (C=O) groups is 2. The number of β-amino-alcohol motifs (C(OH)–C–C–N with tert-alkyl or cyclic N) is 1. The molecule has 2 saturated heterocycles. The van der Waals surface area contributed by atoms with E-state index in [0.717, 1.165) is 17.7 Å². The van der Waals surface area contributed by atoms with Gasteiger partial charge >= 0.3 is 6.03 Å². The van der Waals surface area contributed by atoms with Gasteiger partial charge in [-0.1, -0.05) is 0 Å². The maximum Gasteiger partial charge on any atom is 0.327 e. The molecule has 0 bridgehead atoms. The Morgan fingerprint density at radius 2 is 2.00 bits per heavy atom. The van der Waals surface area contributed by atoms with Crippen molar-refractivity contribution in [2.24, 2.45) is 0 Å². The summed E-state index contributed by atoms with van der Waals surface area (Å²) in [5.41, 5.74) is 0. The normalized spacial score (nSPS) is 22.3. The molecule has 0 radical (unpaired) electrons. The summed E-state index contributed by atoms with van der Waals surface area (Å²) in [7, 11) is 0. The molecule has 1 N–H and O–H groups in total. The Labute approximate surface area is 133 Å². The standard InChI is InChI=1S/C16H19FN2O4/c17-11-4-6-13(7-5-11)23-10-12(20)9-19-15(21)14-3-1-2-8-18(14)16(19)22/h4-7,12,14,20H,1-3,8-10H2/t12-,14+/m0/s1. The fourth-order valence-electron chi connectivity index (χ4n) is 3.00. The number of hydrogen-bond acceptors (Lipinski definition) is 4. The highest BCUT2D eigenvalue weighted by atomic mass is 19.1. The number of fused-ring (bicyclic) bond motifs is 1. The minimum absolute atomic E-state index is 0.0760. The van der Waals surface area contributed by atoms with E-state index >= 15 is 0 Å². The lowest BCUT2D eigenvalue weighted by Crippen LogP contribution is -2.40. The second-order valence-corrected chi connectivity index (χ2v) is 5.86. The summed E-state index contributed by atoms with van der Waals surface area (Å²) in [5, 5.41) is 10.0. The lowest BCUT2D eigenvalue weighted by molar-refractivity contribution is -0.129. The number of amides is 3. The van der Waals surface area contributed by atoms with E-state index < -0.39 is 6.10 Å². The van der Waals surface area contributed by atoms with Crippen molar-refractivity contribution >= 4 is 11.9 Å². The van der Waals surface area contributed by atoms with Crippen LogP contribution >= 0.6 is 0 Å². The van der Waals surface area contributed by atoms with E-state index in [1.54, 1.807) is 4.90 Å². The largest absolute Gasteiger partial charge is 0.491 e. The third-order valence-corrected chi connectivity index (χ3v) is 4.18. The number of imide groups is 1. The molecule has 2 aliphatic rings. The first kappa shape index (κ1) is 15.7. The number of piperidine rings is 1. The number of ether oxygens (including phenoxy) is 1. The zero-order chi connectivity index (χ0) is 16.4. The second-order valence-electron chi connectivity index (χ2n) is 5.86. The molecule has 2 aliphatic heterocycles. The Bertz CT molecular complexity index is 568. The van der Waals surface area contributed by atoms with E-state index in [0.29, 0.717) is 18.7 Å². The van der Waals surface area contributed by atoms with Crippen LogP contribution in [0.5, 0.6) is 5.75 Å². The molecule has 2 atom stereocenters. The molecule has 7 heteroatoms. The van der Waals surface area contributed by atoms with Crippen LogP contribution in [0.15, 0.2) is 24.3 Å². The summed E-state index contributed by atoms with van der Waals surface area (Å²) < 4.78 is 18.1. The van der Waals surface area contributed by atoms with Gasteiger partial charge in [-0.25, -0.2) is 9.18 Å². The molecule has 2 heterocycles. The quantitative estimate of drug-likeness (QED) is 0.832. The van der Waals surface area contributed by atoms with Crippen LogP contribution in [-0.2, 0) is 4.79 Å². The third kappa shape index (κ3) is 3.29. The zero-order valence-electron chi connectivity index (χ0n) is 12.7. The average Bonchev–Trinajstić information content (AvgIpc) is 2.80. The van der Waals surface area contributed by atoms with Crippen LogP contribution in [0.2, 0.25) is 0 Å². The van der Waals surface area contributed by atoms with Gasteiger partial charge in [-0.3, -0.25) is 9.69 Å². The minimum Gasteiger partial charge on any atom is -0.491 e. The molecule has 0 spiro atoms. The molecule has 3 rings (SSSR count). The summed E-state index contributed by atoms with van der Waals surface area (Å²) in [4.78, 5) is 27.2. The average molecular weight is 322 g/mol. The third-order valence-electron chi connectivity index (χ3n) is 4.18. The number of carbonyl (C=O) groups excluding carboxylic acids is 2. The molecule has 23 heavy (non-hydrogen) atoms. The number of halogens is 1. The Balaban J connectivity index is 1.55. The molecule has 3 amide bonds. The minimum atomic E-state index is -0.991. The molecule has 1 aromatic carbocycles. The van der Waals surface area contributed by atoms with Crippen LogP contribution < -0.4 is 4.74 Å². The zero-order valence-corrected chi connectivity index (χ0v) is 12.7. The van der Waals surface area contributed by atoms with Gasteiger partial charge in [-0.2, -0.15) is 0 Å². The van der Waals surface area contributed by atoms with Crippen LogP contribution in [0.3, 0.4) is 0 Å². The molecule has 6 nitrogen and oxygen atoms in total. The van der Waals surface area contributed by atoms with Crippen molar-refractivity contribution in [1.82, 2.24) is 9.80 Å². The lowest BCUT2D eigenvalue weighted by Gasteiger charge is -2.26. The Kier molecular flexibility index (Phi) is 4.47. The van der Waals surface area contributed by atoms with E-state index in [1.807, 2.05) is 0 Å². The van der Waals surface area contributed by atoms with Crippen molar-refractivity contribution in [3.63, 3.8) is 0 Å². The molecule has 0 aromatic heterocycles. The van der Waals surface area contributed by atoms with Crippen molar-refractivity contribution in [1.29, 1.82) is 0 Å². The molecular formula is C16H19FN2O4. The fraction of sp³-hybridized carbons (Fsp3) is 0.500. The van der Waals surface area contributed by atoms with Crippen LogP contribution in [0.1, 0.15) is 19.3 Å². The van der Waals surface area contributed by atoms with Gasteiger partial charge in [0.25, 0.3) is 5.91 Å². The number of aliphatic hydroxyl groups is 1. The highest BCUT2D eigenvalue weighted by Crippen LogP contribution is 2.26. The van der Waals surface area contributed by atoms with Crippen molar-refractivity contribution in [2.45, 2.75) is 31.4 Å². The first-order valence-corrected chi connectivity index (χ1v) is 7.74. The van der Waals surface area contributed by atoms with Crippen LogP contribution in [0.25, 0.3) is 0 Å². The van der Waals surface area contributed by atoms with Crippen molar-refractivity contribution in [3.8, 4) is 5.75 Å². The summed E-state index contributed by atoms with van der Waals surface area (Å²) in [5.74, 6) is -0.194. The predicted octanol–water partition coefficient (Wildman–Crippen LogP) is 1.38. The molecule has 0 unspecified atom stereocenters. The topological polar surface area (TPSA) is 70.1 Å². The SMILES string of the molecule is O=C1[C@H]2CCCCN2C(=O)N1C[C@H](O)COc1ccc(F)cc1. The number of aliphatic hydroxyl groups excluding tert-OH is 1. The highest BCUT2D eigenvalue weighted by Gasteiger charge is 2.46. The van der Waals surface area contributed by atoms with Crippen molar-refractivity contribution in [2.75, 3.05) is 19.7 Å². The predicted molar refractivity (Wildman–Crippen MR) is 79.4 cm³/mol. The smallest absolute Gasteiger partial charge is 0.327 e. The molecule has 0 aliphatic carbocycles. The molecule has 2 fully saturated rings. The maximum atomic E-state index is 12.8. The summed E-state index contributed by atoms with van der Waals surface area (Å²) in [6.07, 6.45) is 1.53. The molecule has 0 saturated carbocycles. The monoisotopic (exact) mass is 322 g/mol. The number of hydrogen-bond donors (Lipinski definition) is 1. The van der Waals surface area contributed by atoms with Gasteiger partial charge in [-0.15, -0.1) is 0 Å². The van der Waals surface area contributed by atoms with E-state index in [4.69, 9.17) is 4.74 Å². The van der Waals surface area contributed by atoms with Gasteiger partial charge < -0.3 is 14.7 Å². The molecule has 1 aromatic rings. The Hall–Kier alpha value is -2.15. The second kappa shape index (κ2) is 6.54. The van der Waals surface area contributed by atoms with Gasteiger partial charge in [0.05, 0.1) is 6.54 Å². The number of rotatable bonds is 5. The van der Waals surface area contributed by atoms with Crippen LogP contribution in [0, 0.1) is 5.82 Å². The lowest BCUT2D eigenvalue weighted by atomic mass is 10.0. The number of urea groups is 1. The summed E-state index contributed by atoms with van der Waals surface area (Å²) in [6, 6.07) is 4.71. The molecular weight excluding hydrogens is 303 g/mol. The van der Waals surface area contributed by atoms with Gasteiger partial charge in [0, 0.05) is 6.54 Å². The first-order valence-electron chi connectivity index (χ1n) is 7.74. The van der Waals surface area contributed by atoms with Gasteiger partial charge in [0.15, 0.2) is 0 Å². The van der Waals surface area contributed by atoms with Crippen LogP contribution in [-0.4, -0.2) is 58.7 Å². The fourth-order valence-corrected chi connectivity index (χ4v) is 3.00. The first-order chi connectivity index (χ1) is 11.1.